The second-order valence-corrected chi connectivity index (χ2v) is 5.09. The van der Waals surface area contributed by atoms with Gasteiger partial charge in [0.25, 0.3) is 0 Å². The van der Waals surface area contributed by atoms with Crippen LogP contribution in [0.2, 0.25) is 0 Å². The molecule has 0 heterocycles. The van der Waals surface area contributed by atoms with Crippen molar-refractivity contribution in [3.63, 3.8) is 0 Å². The van der Waals surface area contributed by atoms with Crippen LogP contribution in [-0.2, 0) is 4.79 Å². The van der Waals surface area contributed by atoms with E-state index < -0.39 is 0 Å². The molecule has 1 nitrogen and oxygen atoms in total. The molecular weight excluding hydrogens is 195 g/mol. The summed E-state index contributed by atoms with van der Waals surface area (Å²) in [7, 11) is 0. The Morgan fingerprint density at radius 3 is 1.83 bits per heavy atom. The predicted molar refractivity (Wildman–Crippen MR) is 49.8 cm³/mol. The summed E-state index contributed by atoms with van der Waals surface area (Å²) in [5.74, 6) is 0. The number of carbonyl (C=O) groups excluding carboxylic acids is 1. The lowest BCUT2D eigenvalue weighted by molar-refractivity contribution is -0.104. The zero-order valence-electron chi connectivity index (χ0n) is 6.65. The normalized spacial score (nSPS) is 45.0. The summed E-state index contributed by atoms with van der Waals surface area (Å²) < 4.78 is 0. The van der Waals surface area contributed by atoms with E-state index in [2.05, 4.69) is 0 Å². The van der Waals surface area contributed by atoms with Crippen LogP contribution in [0.15, 0.2) is 11.6 Å². The highest BCUT2D eigenvalue weighted by Gasteiger charge is 2.56. The first-order valence-corrected chi connectivity index (χ1v) is 4.91. The fourth-order valence-corrected chi connectivity index (χ4v) is 3.26. The van der Waals surface area contributed by atoms with E-state index in [-0.39, 0.29) is 9.75 Å². The molecule has 0 aromatic carbocycles. The van der Waals surface area contributed by atoms with Crippen LogP contribution in [0.4, 0.5) is 0 Å². The van der Waals surface area contributed by atoms with Crippen molar-refractivity contribution < 1.29 is 4.79 Å². The van der Waals surface area contributed by atoms with Crippen LogP contribution >= 0.6 is 23.2 Å². The molecule has 0 aromatic heterocycles. The minimum Gasteiger partial charge on any atom is -0.299 e. The van der Waals surface area contributed by atoms with Crippen molar-refractivity contribution in [1.82, 2.24) is 0 Å². The number of carbonyl (C=O) groups is 1. The Labute approximate surface area is 81.7 Å². The highest BCUT2D eigenvalue weighted by Crippen LogP contribution is 2.61. The molecule has 0 radical (unpaired) electrons. The quantitative estimate of drug-likeness (QED) is 0.365. The standard InChI is InChI=1S/C9H10Cl2O/c10-8-2-3-9(11,5-4-8)7(8)1-6-12/h1,6H,2-5H2. The molecule has 0 spiro atoms. The lowest BCUT2D eigenvalue weighted by Gasteiger charge is -2.17. The molecule has 2 aliphatic rings. The van der Waals surface area contributed by atoms with Gasteiger partial charge in [0.2, 0.25) is 0 Å². The second-order valence-electron chi connectivity index (χ2n) is 3.65. The first kappa shape index (κ1) is 8.58. The number of rotatable bonds is 1. The molecule has 2 fully saturated rings. The van der Waals surface area contributed by atoms with Crippen LogP contribution in [0.25, 0.3) is 0 Å². The largest absolute Gasteiger partial charge is 0.299 e. The monoisotopic (exact) mass is 204 g/mol. The summed E-state index contributed by atoms with van der Waals surface area (Å²) >= 11 is 12.6. The number of halogens is 2. The van der Waals surface area contributed by atoms with Crippen molar-refractivity contribution in [2.45, 2.75) is 35.4 Å². The van der Waals surface area contributed by atoms with Gasteiger partial charge in [-0.1, -0.05) is 0 Å². The van der Waals surface area contributed by atoms with Crippen LogP contribution in [0, 0.1) is 0 Å². The minimum absolute atomic E-state index is 0.289. The topological polar surface area (TPSA) is 17.1 Å². The second kappa shape index (κ2) is 2.49. The van der Waals surface area contributed by atoms with Crippen molar-refractivity contribution in [3.05, 3.63) is 11.6 Å². The Kier molecular flexibility index (Phi) is 1.78. The van der Waals surface area contributed by atoms with E-state index in [1.165, 1.54) is 0 Å². The molecule has 2 saturated carbocycles. The Bertz CT molecular complexity index is 229. The third kappa shape index (κ3) is 0.961. The summed E-state index contributed by atoms with van der Waals surface area (Å²) in [5.41, 5.74) is 0.952. The molecule has 2 rings (SSSR count). The van der Waals surface area contributed by atoms with Crippen molar-refractivity contribution in [2.75, 3.05) is 0 Å². The number of alkyl halides is 2. The van der Waals surface area contributed by atoms with Gasteiger partial charge in [-0.2, -0.15) is 0 Å². The third-order valence-corrected chi connectivity index (χ3v) is 4.20. The summed E-state index contributed by atoms with van der Waals surface area (Å²) in [4.78, 5) is 9.79. The van der Waals surface area contributed by atoms with E-state index in [9.17, 15) is 4.79 Å². The lowest BCUT2D eigenvalue weighted by Crippen LogP contribution is -2.15. The first-order valence-electron chi connectivity index (χ1n) is 4.15. The molecule has 2 aliphatic carbocycles. The molecule has 0 atom stereocenters. The van der Waals surface area contributed by atoms with E-state index >= 15 is 0 Å². The number of hydrogen-bond donors (Lipinski definition) is 0. The molecule has 3 heteroatoms. The molecule has 0 unspecified atom stereocenters. The SMILES string of the molecule is O=CC=C1C2(Cl)CCC1(Cl)CC2. The molecule has 0 N–H and O–H groups in total. The maximum Gasteiger partial charge on any atom is 0.142 e. The predicted octanol–water partition coefficient (Wildman–Crippen LogP) is 2.65. The number of fused-ring (bicyclic) bond motifs is 2. The molecule has 0 saturated heterocycles. The van der Waals surface area contributed by atoms with Gasteiger partial charge < -0.3 is 0 Å². The van der Waals surface area contributed by atoms with E-state index in [0.717, 1.165) is 37.5 Å². The average molecular weight is 205 g/mol. The fourth-order valence-electron chi connectivity index (χ4n) is 2.35. The van der Waals surface area contributed by atoms with E-state index in [4.69, 9.17) is 23.2 Å². The average Bonchev–Trinajstić information content (AvgIpc) is 2.41. The molecule has 12 heavy (non-hydrogen) atoms. The Morgan fingerprint density at radius 1 is 1.08 bits per heavy atom. The van der Waals surface area contributed by atoms with Gasteiger partial charge in [0.05, 0.1) is 9.75 Å². The van der Waals surface area contributed by atoms with Gasteiger partial charge in [-0.15, -0.1) is 23.2 Å². The van der Waals surface area contributed by atoms with Crippen LogP contribution in [0.3, 0.4) is 0 Å². The van der Waals surface area contributed by atoms with E-state index in [1.54, 1.807) is 6.08 Å². The Morgan fingerprint density at radius 2 is 1.50 bits per heavy atom. The maximum absolute atomic E-state index is 10.4. The van der Waals surface area contributed by atoms with Crippen molar-refractivity contribution in [2.24, 2.45) is 0 Å². The number of hydrogen-bond acceptors (Lipinski definition) is 1. The molecule has 0 aromatic rings. The molecule has 0 aliphatic heterocycles. The van der Waals surface area contributed by atoms with Crippen molar-refractivity contribution in [3.8, 4) is 0 Å². The van der Waals surface area contributed by atoms with Crippen LogP contribution in [-0.4, -0.2) is 16.0 Å². The smallest absolute Gasteiger partial charge is 0.142 e. The summed E-state index contributed by atoms with van der Waals surface area (Å²) in [6.45, 7) is 0. The summed E-state index contributed by atoms with van der Waals surface area (Å²) in [6, 6.07) is 0. The van der Waals surface area contributed by atoms with Gasteiger partial charge in [-0.25, -0.2) is 0 Å². The van der Waals surface area contributed by atoms with Crippen molar-refractivity contribution in [1.29, 1.82) is 0 Å². The highest BCUT2D eigenvalue weighted by molar-refractivity contribution is 6.33. The van der Waals surface area contributed by atoms with E-state index in [1.807, 2.05) is 0 Å². The number of aldehydes is 1. The molecule has 2 bridgehead atoms. The minimum atomic E-state index is -0.289. The van der Waals surface area contributed by atoms with Crippen LogP contribution in [0.5, 0.6) is 0 Å². The van der Waals surface area contributed by atoms with Gasteiger partial charge in [-0.3, -0.25) is 4.79 Å². The van der Waals surface area contributed by atoms with Gasteiger partial charge >= 0.3 is 0 Å². The summed E-state index contributed by atoms with van der Waals surface area (Å²) in [5, 5.41) is 0. The Balaban J connectivity index is 2.44. The van der Waals surface area contributed by atoms with Gasteiger partial charge in [0.15, 0.2) is 0 Å². The van der Waals surface area contributed by atoms with Crippen molar-refractivity contribution >= 4 is 29.5 Å². The maximum atomic E-state index is 10.4. The van der Waals surface area contributed by atoms with Gasteiger partial charge in [0, 0.05) is 0 Å². The molecule has 66 valence electrons. The van der Waals surface area contributed by atoms with Gasteiger partial charge in [0.1, 0.15) is 6.29 Å². The third-order valence-electron chi connectivity index (χ3n) is 3.04. The zero-order valence-corrected chi connectivity index (χ0v) is 8.16. The van der Waals surface area contributed by atoms with Crippen LogP contribution < -0.4 is 0 Å². The molecular formula is C9H10Cl2O. The lowest BCUT2D eigenvalue weighted by atomic mass is 10.00. The van der Waals surface area contributed by atoms with Crippen LogP contribution in [0.1, 0.15) is 25.7 Å². The Hall–Kier alpha value is -0.0100. The highest BCUT2D eigenvalue weighted by atomic mass is 35.5. The zero-order chi connectivity index (χ0) is 8.82. The first-order chi connectivity index (χ1) is 5.61. The van der Waals surface area contributed by atoms with Gasteiger partial charge in [-0.05, 0) is 37.3 Å². The fraction of sp³-hybridized carbons (Fsp3) is 0.667. The molecule has 0 amide bonds. The number of allylic oxidation sites excluding steroid dienone is 2. The summed E-state index contributed by atoms with van der Waals surface area (Å²) in [6.07, 6.45) is 6.01. The van der Waals surface area contributed by atoms with E-state index in [0.29, 0.717) is 0 Å².